The summed E-state index contributed by atoms with van der Waals surface area (Å²) >= 11 is 0. The van der Waals surface area contributed by atoms with E-state index in [2.05, 4.69) is 21.1 Å². The van der Waals surface area contributed by atoms with Gasteiger partial charge in [0.2, 0.25) is 5.91 Å². The first-order valence-corrected chi connectivity index (χ1v) is 10.6. The SMILES string of the molecule is CCNC(=O)COc1ccc(CNC(=O)CNC(=O)c2cc(-c3ccccc3)on2)cc1OC. The lowest BCUT2D eigenvalue weighted by atomic mass is 10.1. The van der Waals surface area contributed by atoms with Crippen LogP contribution in [0.3, 0.4) is 0 Å². The van der Waals surface area contributed by atoms with Crippen LogP contribution in [-0.4, -0.2) is 49.7 Å². The number of aromatic nitrogens is 1. The van der Waals surface area contributed by atoms with E-state index >= 15 is 0 Å². The zero-order chi connectivity index (χ0) is 24.3. The largest absolute Gasteiger partial charge is 0.493 e. The standard InChI is InChI=1S/C24H26N4O6/c1-3-25-23(30)15-33-19-10-9-16(11-21(19)32-2)13-26-22(29)14-27-24(31)18-12-20(34-28-18)17-7-5-4-6-8-17/h4-12H,3,13-15H2,1-2H3,(H,25,30)(H,26,29)(H,27,31). The molecule has 0 saturated heterocycles. The van der Waals surface area contributed by atoms with Crippen molar-refractivity contribution in [3.63, 3.8) is 0 Å². The molecule has 3 aromatic rings. The maximum absolute atomic E-state index is 12.3. The van der Waals surface area contributed by atoms with E-state index in [-0.39, 0.29) is 37.2 Å². The molecule has 0 aliphatic heterocycles. The Kier molecular flexibility index (Phi) is 8.61. The van der Waals surface area contributed by atoms with Crippen molar-refractivity contribution in [2.24, 2.45) is 0 Å². The van der Waals surface area contributed by atoms with E-state index in [1.807, 2.05) is 37.3 Å². The highest BCUT2D eigenvalue weighted by atomic mass is 16.5. The Labute approximate surface area is 196 Å². The van der Waals surface area contributed by atoms with Crippen LogP contribution in [0.2, 0.25) is 0 Å². The lowest BCUT2D eigenvalue weighted by Crippen LogP contribution is -2.36. The maximum Gasteiger partial charge on any atom is 0.273 e. The molecule has 0 saturated carbocycles. The van der Waals surface area contributed by atoms with E-state index in [0.29, 0.717) is 23.8 Å². The maximum atomic E-state index is 12.3. The molecule has 10 heteroatoms. The van der Waals surface area contributed by atoms with E-state index in [0.717, 1.165) is 11.1 Å². The Morgan fingerprint density at radius 1 is 0.941 bits per heavy atom. The van der Waals surface area contributed by atoms with E-state index in [9.17, 15) is 14.4 Å². The molecule has 0 unspecified atom stereocenters. The number of methoxy groups -OCH3 is 1. The molecule has 3 rings (SSSR count). The zero-order valence-electron chi connectivity index (χ0n) is 18.9. The summed E-state index contributed by atoms with van der Waals surface area (Å²) in [6.45, 7) is 2.20. The number of rotatable bonds is 11. The fourth-order valence-electron chi connectivity index (χ4n) is 2.97. The minimum atomic E-state index is -0.517. The van der Waals surface area contributed by atoms with Crippen molar-refractivity contribution in [3.05, 3.63) is 65.9 Å². The monoisotopic (exact) mass is 466 g/mol. The van der Waals surface area contributed by atoms with Crippen LogP contribution in [-0.2, 0) is 16.1 Å². The minimum Gasteiger partial charge on any atom is -0.493 e. The highest BCUT2D eigenvalue weighted by molar-refractivity contribution is 5.95. The molecule has 0 aliphatic carbocycles. The van der Waals surface area contributed by atoms with Gasteiger partial charge < -0.3 is 29.9 Å². The number of hydrogen-bond acceptors (Lipinski definition) is 7. The molecule has 3 amide bonds. The summed E-state index contributed by atoms with van der Waals surface area (Å²) in [5.41, 5.74) is 1.63. The molecular weight excluding hydrogens is 440 g/mol. The fourth-order valence-corrected chi connectivity index (χ4v) is 2.97. The quantitative estimate of drug-likeness (QED) is 0.393. The second kappa shape index (κ2) is 12.0. The Morgan fingerprint density at radius 2 is 1.74 bits per heavy atom. The highest BCUT2D eigenvalue weighted by Crippen LogP contribution is 2.28. The molecule has 0 spiro atoms. The molecule has 10 nitrogen and oxygen atoms in total. The van der Waals surface area contributed by atoms with Crippen molar-refractivity contribution in [2.45, 2.75) is 13.5 Å². The highest BCUT2D eigenvalue weighted by Gasteiger charge is 2.15. The van der Waals surface area contributed by atoms with Crippen LogP contribution >= 0.6 is 0 Å². The molecule has 0 fully saturated rings. The van der Waals surface area contributed by atoms with Crippen LogP contribution in [0, 0.1) is 0 Å². The van der Waals surface area contributed by atoms with Crippen molar-refractivity contribution in [3.8, 4) is 22.8 Å². The van der Waals surface area contributed by atoms with Gasteiger partial charge in [0.15, 0.2) is 29.6 Å². The van der Waals surface area contributed by atoms with Gasteiger partial charge in [-0.15, -0.1) is 0 Å². The summed E-state index contributed by atoms with van der Waals surface area (Å²) in [4.78, 5) is 36.0. The van der Waals surface area contributed by atoms with Gasteiger partial charge in [-0.25, -0.2) is 0 Å². The van der Waals surface area contributed by atoms with Crippen LogP contribution < -0.4 is 25.4 Å². The number of nitrogens with one attached hydrogen (secondary N) is 3. The number of ether oxygens (including phenoxy) is 2. The summed E-state index contributed by atoms with van der Waals surface area (Å²) in [5, 5.41) is 11.6. The van der Waals surface area contributed by atoms with E-state index < -0.39 is 5.91 Å². The molecule has 0 atom stereocenters. The first-order valence-electron chi connectivity index (χ1n) is 10.6. The van der Waals surface area contributed by atoms with Crippen molar-refractivity contribution >= 4 is 17.7 Å². The van der Waals surface area contributed by atoms with Crippen molar-refractivity contribution in [1.29, 1.82) is 0 Å². The second-order valence-corrected chi connectivity index (χ2v) is 7.13. The molecule has 178 valence electrons. The van der Waals surface area contributed by atoms with Gasteiger partial charge in [-0.2, -0.15) is 0 Å². The van der Waals surface area contributed by atoms with Gasteiger partial charge in [-0.05, 0) is 24.6 Å². The zero-order valence-corrected chi connectivity index (χ0v) is 18.9. The lowest BCUT2D eigenvalue weighted by Gasteiger charge is -2.12. The number of hydrogen-bond donors (Lipinski definition) is 3. The average molecular weight is 466 g/mol. The van der Waals surface area contributed by atoms with Gasteiger partial charge in [0.05, 0.1) is 13.7 Å². The predicted octanol–water partition coefficient (Wildman–Crippen LogP) is 1.91. The third-order valence-electron chi connectivity index (χ3n) is 4.66. The van der Waals surface area contributed by atoms with Gasteiger partial charge >= 0.3 is 0 Å². The third-order valence-corrected chi connectivity index (χ3v) is 4.66. The molecule has 0 bridgehead atoms. The Bertz CT molecular complexity index is 1130. The van der Waals surface area contributed by atoms with E-state index in [4.69, 9.17) is 14.0 Å². The number of likely N-dealkylation sites (N-methyl/N-ethyl adjacent to an activating group) is 1. The van der Waals surface area contributed by atoms with Gasteiger partial charge in [-0.3, -0.25) is 14.4 Å². The van der Waals surface area contributed by atoms with Gasteiger partial charge in [0.25, 0.3) is 11.8 Å². The van der Waals surface area contributed by atoms with E-state index in [1.165, 1.54) is 13.2 Å². The van der Waals surface area contributed by atoms with Crippen LogP contribution in [0.4, 0.5) is 0 Å². The number of nitrogens with zero attached hydrogens (tertiary/aromatic N) is 1. The molecule has 3 N–H and O–H groups in total. The normalized spacial score (nSPS) is 10.3. The third kappa shape index (κ3) is 6.83. The van der Waals surface area contributed by atoms with Crippen molar-refractivity contribution < 1.29 is 28.4 Å². The fraction of sp³-hybridized carbons (Fsp3) is 0.250. The average Bonchev–Trinajstić information content (AvgIpc) is 3.36. The predicted molar refractivity (Wildman–Crippen MR) is 123 cm³/mol. The molecule has 0 aliphatic rings. The van der Waals surface area contributed by atoms with Gasteiger partial charge in [0, 0.05) is 24.7 Å². The number of benzene rings is 2. The van der Waals surface area contributed by atoms with Crippen LogP contribution in [0.1, 0.15) is 23.0 Å². The second-order valence-electron chi connectivity index (χ2n) is 7.13. The molecule has 2 aromatic carbocycles. The Balaban J connectivity index is 1.47. The summed E-state index contributed by atoms with van der Waals surface area (Å²) in [6.07, 6.45) is 0. The summed E-state index contributed by atoms with van der Waals surface area (Å²) in [7, 11) is 1.49. The first-order chi connectivity index (χ1) is 16.5. The molecule has 0 radical (unpaired) electrons. The summed E-state index contributed by atoms with van der Waals surface area (Å²) in [6, 6.07) is 15.9. The first kappa shape index (κ1) is 24.3. The smallest absolute Gasteiger partial charge is 0.273 e. The summed E-state index contributed by atoms with van der Waals surface area (Å²) in [5.74, 6) is 0.183. The van der Waals surface area contributed by atoms with Crippen LogP contribution in [0.15, 0.2) is 59.1 Å². The molecule has 1 heterocycles. The van der Waals surface area contributed by atoms with Crippen molar-refractivity contribution in [2.75, 3.05) is 26.8 Å². The molecule has 34 heavy (non-hydrogen) atoms. The van der Waals surface area contributed by atoms with Gasteiger partial charge in [-0.1, -0.05) is 41.6 Å². The summed E-state index contributed by atoms with van der Waals surface area (Å²) < 4.78 is 16.0. The Morgan fingerprint density at radius 3 is 2.47 bits per heavy atom. The van der Waals surface area contributed by atoms with Crippen LogP contribution in [0.25, 0.3) is 11.3 Å². The van der Waals surface area contributed by atoms with Crippen LogP contribution in [0.5, 0.6) is 11.5 Å². The lowest BCUT2D eigenvalue weighted by molar-refractivity contribution is -0.123. The van der Waals surface area contributed by atoms with E-state index in [1.54, 1.807) is 18.2 Å². The minimum absolute atomic E-state index is 0.0830. The number of carbonyl (C=O) groups excluding carboxylic acids is 3. The van der Waals surface area contributed by atoms with Crippen molar-refractivity contribution in [1.82, 2.24) is 21.1 Å². The molecule has 1 aromatic heterocycles. The van der Waals surface area contributed by atoms with Gasteiger partial charge in [0.1, 0.15) is 0 Å². The Hall–Kier alpha value is -4.34. The topological polar surface area (TPSA) is 132 Å². The molecular formula is C24H26N4O6. The number of carbonyl (C=O) groups is 3. The number of amides is 3.